The van der Waals surface area contributed by atoms with Crippen molar-refractivity contribution in [2.75, 3.05) is 37.4 Å². The molecule has 142 valence electrons. The van der Waals surface area contributed by atoms with Gasteiger partial charge in [-0.25, -0.2) is 9.48 Å². The molecule has 0 saturated carbocycles. The molecule has 1 aliphatic heterocycles. The second-order valence-electron chi connectivity index (χ2n) is 5.19. The molecule has 0 N–H and O–H groups in total. The molecule has 1 atom stereocenters. The third-order valence-electron chi connectivity index (χ3n) is 3.39. The molecule has 3 heterocycles. The molecule has 2 aromatic heterocycles. The first-order chi connectivity index (χ1) is 20.5. The Kier molecular flexibility index (Phi) is 1.82. The fourth-order valence-corrected chi connectivity index (χ4v) is 2.24. The van der Waals surface area contributed by atoms with Gasteiger partial charge in [0.05, 0.1) is 23.8 Å². The van der Waals surface area contributed by atoms with Crippen LogP contribution in [0.15, 0.2) is 53.3 Å². The van der Waals surface area contributed by atoms with Crippen molar-refractivity contribution < 1.29 is 26.0 Å². The van der Waals surface area contributed by atoms with E-state index in [-0.39, 0.29) is 9.58 Å². The summed E-state index contributed by atoms with van der Waals surface area (Å²) in [6.07, 6.45) is -2.31. The van der Waals surface area contributed by atoms with Gasteiger partial charge < -0.3 is 4.90 Å². The van der Waals surface area contributed by atoms with E-state index in [1.807, 2.05) is 0 Å². The topological polar surface area (TPSA) is 45.8 Å². The molecule has 1 aromatic carbocycles. The summed E-state index contributed by atoms with van der Waals surface area (Å²) in [5.74, 6) is 0. The summed E-state index contributed by atoms with van der Waals surface area (Å²) in [4.78, 5) is 12.5. The quantitative estimate of drug-likeness (QED) is 0.655. The van der Waals surface area contributed by atoms with Crippen LogP contribution in [0.1, 0.15) is 45.4 Å². The molecular weight excluding hydrogens is 362 g/mol. The van der Waals surface area contributed by atoms with Gasteiger partial charge in [0.25, 0.3) is 0 Å². The Hall–Kier alpha value is -2.31. The Morgan fingerprint density at radius 1 is 1.30 bits per heavy atom. The number of aromatic nitrogens is 3. The van der Waals surface area contributed by atoms with Gasteiger partial charge in [-0.2, -0.15) is 0 Å². The van der Waals surface area contributed by atoms with E-state index in [0.717, 1.165) is 6.92 Å². The number of anilines is 1. The summed E-state index contributed by atoms with van der Waals surface area (Å²) in [6.45, 7) is -18.3. The number of hydrogen-bond donors (Lipinski definition) is 0. The summed E-state index contributed by atoms with van der Waals surface area (Å²) < 4.78 is 160. The molecule has 0 aliphatic carbocycles. The second-order valence-corrected chi connectivity index (χ2v) is 5.57. The molecule has 1 aliphatic rings. The van der Waals surface area contributed by atoms with Crippen LogP contribution in [0.3, 0.4) is 0 Å². The van der Waals surface area contributed by atoms with Crippen molar-refractivity contribution in [2.24, 2.45) is 0 Å². The Labute approximate surface area is 190 Å². The summed E-state index contributed by atoms with van der Waals surface area (Å²) in [5, 5.41) is 2.91. The molecule has 6 nitrogen and oxygen atoms in total. The molecule has 1 unspecified atom stereocenters. The van der Waals surface area contributed by atoms with Crippen LogP contribution in [0.2, 0.25) is 5.02 Å². The molecule has 4 rings (SSSR count). The number of hydrogen-bond acceptors (Lipinski definition) is 4. The Bertz CT molecular complexity index is 1780. The average Bonchev–Trinajstić information content (AvgIpc) is 3.26. The van der Waals surface area contributed by atoms with Crippen LogP contribution < -0.4 is 10.6 Å². The highest BCUT2D eigenvalue weighted by atomic mass is 35.5. The molecule has 0 bridgehead atoms. The highest BCUT2D eigenvalue weighted by Crippen LogP contribution is 2.21. The van der Waals surface area contributed by atoms with E-state index in [2.05, 4.69) is 5.10 Å². The maximum absolute atomic E-state index is 13.2. The Balaban J connectivity index is 1.92. The largest absolute Gasteiger partial charge is 0.369 e. The Morgan fingerprint density at radius 2 is 2.11 bits per heavy atom. The number of pyridine rings is 1. The first kappa shape index (κ1) is 6.36. The van der Waals surface area contributed by atoms with E-state index in [1.54, 1.807) is 0 Å². The third kappa shape index (κ3) is 3.87. The van der Waals surface area contributed by atoms with Gasteiger partial charge >= 0.3 is 5.69 Å². The van der Waals surface area contributed by atoms with Gasteiger partial charge in [0.15, 0.2) is 5.65 Å². The highest BCUT2D eigenvalue weighted by molar-refractivity contribution is 6.30. The van der Waals surface area contributed by atoms with Crippen molar-refractivity contribution in [1.82, 2.24) is 19.1 Å². The number of piperazine rings is 1. The lowest BCUT2D eigenvalue weighted by Gasteiger charge is -2.36. The van der Waals surface area contributed by atoms with Gasteiger partial charge in [-0.3, -0.25) is 9.30 Å². The molecule has 1 fully saturated rings. The predicted molar refractivity (Wildman–Crippen MR) is 109 cm³/mol. The van der Waals surface area contributed by atoms with Crippen LogP contribution in [0.25, 0.3) is 5.65 Å². The van der Waals surface area contributed by atoms with Crippen molar-refractivity contribution >= 4 is 22.9 Å². The first-order valence-electron chi connectivity index (χ1n) is 17.0. The average molecular weight is 405 g/mol. The van der Waals surface area contributed by atoms with Gasteiger partial charge in [-0.15, -0.1) is 5.10 Å². The standard InChI is InChI=1S/C20H24ClN5O/c1-16(26-20(27)25-9-3-2-7-19(25)22-26)8-10-23-11-13-24(14-12-23)18-6-4-5-17(21)15-18/h2-7,9,15-16H,8,10-14H2,1H3/i2D,3D,4D,5D,6D,7D,9D,10D2,11D2,12D2,13D2,14D2,15D,16D. The number of benzene rings is 1. The van der Waals surface area contributed by atoms with Gasteiger partial charge in [0, 0.05) is 57.6 Å². The minimum atomic E-state index is -3.93. The van der Waals surface area contributed by atoms with Crippen molar-refractivity contribution in [1.29, 1.82) is 0 Å². The lowest BCUT2D eigenvalue weighted by Crippen LogP contribution is -2.47. The van der Waals surface area contributed by atoms with Crippen LogP contribution in [0, 0.1) is 0 Å². The monoisotopic (exact) mass is 404 g/mol. The molecular formula is C20H24ClN5O. The molecule has 7 heteroatoms. The van der Waals surface area contributed by atoms with Crippen LogP contribution in [0.4, 0.5) is 5.69 Å². The predicted octanol–water partition coefficient (Wildman–Crippen LogP) is 2.92. The molecule has 3 aromatic rings. The summed E-state index contributed by atoms with van der Waals surface area (Å²) in [7, 11) is 0. The zero-order chi connectivity index (χ0) is 35.7. The summed E-state index contributed by atoms with van der Waals surface area (Å²) in [5.41, 5.74) is -3.18. The van der Waals surface area contributed by atoms with E-state index in [9.17, 15) is 4.79 Å². The van der Waals surface area contributed by atoms with E-state index >= 15 is 0 Å². The van der Waals surface area contributed by atoms with E-state index in [1.165, 1.54) is 0 Å². The van der Waals surface area contributed by atoms with Crippen LogP contribution in [-0.2, 0) is 0 Å². The van der Waals surface area contributed by atoms with Crippen molar-refractivity contribution in [3.8, 4) is 0 Å². The van der Waals surface area contributed by atoms with Crippen molar-refractivity contribution in [3.63, 3.8) is 0 Å². The van der Waals surface area contributed by atoms with E-state index in [4.69, 9.17) is 37.6 Å². The van der Waals surface area contributed by atoms with Crippen molar-refractivity contribution in [2.45, 2.75) is 19.4 Å². The fourth-order valence-electron chi connectivity index (χ4n) is 2.11. The van der Waals surface area contributed by atoms with E-state index in [0.29, 0.717) is 4.40 Å². The molecule has 0 radical (unpaired) electrons. The smallest absolute Gasteiger partial charge is 0.350 e. The summed E-state index contributed by atoms with van der Waals surface area (Å²) in [6, 6.07) is -9.15. The zero-order valence-corrected chi connectivity index (χ0v) is 14.5. The number of nitrogens with zero attached hydrogens (tertiary/aromatic N) is 5. The molecule has 0 amide bonds. The molecule has 1 saturated heterocycles. The second kappa shape index (κ2) is 7.74. The van der Waals surface area contributed by atoms with E-state index < -0.39 is 120 Å². The molecule has 27 heavy (non-hydrogen) atoms. The van der Waals surface area contributed by atoms with Crippen LogP contribution in [0.5, 0.6) is 0 Å². The normalized spacial score (nSPS) is 36.1. The minimum absolute atomic E-state index is 0.249. The van der Waals surface area contributed by atoms with Gasteiger partial charge in [-0.1, -0.05) is 23.7 Å². The van der Waals surface area contributed by atoms with Crippen molar-refractivity contribution in [3.05, 3.63) is 64.0 Å². The lowest BCUT2D eigenvalue weighted by atomic mass is 10.2. The SMILES string of the molecule is [2H]c1c([2H])c(Cl)c([2H])c(N2C([2H])([2H])C([2H])([2H])N(C([2H])([2H])CC([2H])(C)n3nc4c([2H])c([2H])c([2H])c([2H])n4c3=O)C([2H])([2H])C2([2H])[2H])c1[2H]. The Morgan fingerprint density at radius 3 is 2.93 bits per heavy atom. The zero-order valence-electron chi connectivity index (χ0n) is 32.7. The minimum Gasteiger partial charge on any atom is -0.369 e. The van der Waals surface area contributed by atoms with Gasteiger partial charge in [0.1, 0.15) is 0 Å². The maximum atomic E-state index is 13.2. The third-order valence-corrected chi connectivity index (χ3v) is 3.58. The van der Waals surface area contributed by atoms with Crippen LogP contribution >= 0.6 is 11.6 Å². The molecule has 0 spiro atoms. The lowest BCUT2D eigenvalue weighted by molar-refractivity contribution is 0.237. The summed E-state index contributed by atoms with van der Waals surface area (Å²) >= 11 is 5.91. The number of halogens is 1. The first-order valence-corrected chi connectivity index (χ1v) is 7.86. The van der Waals surface area contributed by atoms with Crippen LogP contribution in [-0.4, -0.2) is 51.6 Å². The van der Waals surface area contributed by atoms with Gasteiger partial charge in [0.2, 0.25) is 0 Å². The fraction of sp³-hybridized carbons (Fsp3) is 0.400. The highest BCUT2D eigenvalue weighted by Gasteiger charge is 2.19. The number of fused-ring (bicyclic) bond motifs is 1. The van der Waals surface area contributed by atoms with Gasteiger partial charge in [-0.05, 0) is 43.6 Å². The maximum Gasteiger partial charge on any atom is 0.350 e. The number of rotatable bonds is 5.